The van der Waals surface area contributed by atoms with Gasteiger partial charge in [0.25, 0.3) is 0 Å². The van der Waals surface area contributed by atoms with Crippen LogP contribution in [-0.4, -0.2) is 38.6 Å². The van der Waals surface area contributed by atoms with Crippen molar-refractivity contribution in [2.75, 3.05) is 5.75 Å². The van der Waals surface area contributed by atoms with E-state index in [-0.39, 0.29) is 29.2 Å². The van der Waals surface area contributed by atoms with Crippen LogP contribution in [0.4, 0.5) is 0 Å². The van der Waals surface area contributed by atoms with E-state index in [1.54, 1.807) is 0 Å². The van der Waals surface area contributed by atoms with Crippen LogP contribution in [0.15, 0.2) is 17.2 Å². The molecule has 0 spiro atoms. The molecule has 0 saturated heterocycles. The SMILES string of the molecule is O=C(O)CCCSC1=CC(=O)c2[nH]ncc2C1=O. The number of carboxylic acid groups (broad SMARTS) is 1. The number of carbonyl (C=O) groups is 3. The van der Waals surface area contributed by atoms with Gasteiger partial charge in [-0.25, -0.2) is 0 Å². The molecule has 0 unspecified atom stereocenters. The lowest BCUT2D eigenvalue weighted by atomic mass is 10.0. The van der Waals surface area contributed by atoms with Gasteiger partial charge in [-0.05, 0) is 12.2 Å². The summed E-state index contributed by atoms with van der Waals surface area (Å²) < 4.78 is 0. The molecule has 1 aromatic rings. The number of hydrogen-bond acceptors (Lipinski definition) is 5. The van der Waals surface area contributed by atoms with Gasteiger partial charge in [-0.15, -0.1) is 11.8 Å². The van der Waals surface area contributed by atoms with Crippen molar-refractivity contribution < 1.29 is 19.5 Å². The number of Topliss-reactive ketones (excluding diaryl/α,β-unsaturated/α-hetero) is 1. The molecule has 18 heavy (non-hydrogen) atoms. The minimum atomic E-state index is -0.868. The number of aromatic amines is 1. The first-order valence-electron chi connectivity index (χ1n) is 5.28. The van der Waals surface area contributed by atoms with Crippen molar-refractivity contribution in [3.05, 3.63) is 28.4 Å². The molecule has 2 N–H and O–H groups in total. The number of nitrogens with one attached hydrogen (secondary N) is 1. The van der Waals surface area contributed by atoms with Crippen molar-refractivity contribution >= 4 is 29.3 Å². The molecule has 1 heterocycles. The highest BCUT2D eigenvalue weighted by Crippen LogP contribution is 2.27. The van der Waals surface area contributed by atoms with Crippen LogP contribution in [0.25, 0.3) is 0 Å². The zero-order valence-electron chi connectivity index (χ0n) is 9.30. The molecule has 0 atom stereocenters. The Morgan fingerprint density at radius 1 is 1.44 bits per heavy atom. The number of H-pyrrole nitrogens is 1. The number of aliphatic carboxylic acids is 1. The van der Waals surface area contributed by atoms with Gasteiger partial charge < -0.3 is 5.11 Å². The minimum Gasteiger partial charge on any atom is -0.481 e. The van der Waals surface area contributed by atoms with E-state index in [0.29, 0.717) is 17.1 Å². The zero-order chi connectivity index (χ0) is 13.1. The number of thioether (sulfide) groups is 1. The van der Waals surface area contributed by atoms with Crippen LogP contribution in [-0.2, 0) is 4.79 Å². The summed E-state index contributed by atoms with van der Waals surface area (Å²) in [5.74, 6) is -0.890. The van der Waals surface area contributed by atoms with Crippen LogP contribution in [0, 0.1) is 0 Å². The van der Waals surface area contributed by atoms with Gasteiger partial charge in [0.15, 0.2) is 0 Å². The maximum absolute atomic E-state index is 11.9. The first kappa shape index (κ1) is 12.6. The number of aromatic nitrogens is 2. The van der Waals surface area contributed by atoms with E-state index in [0.717, 1.165) is 0 Å². The molecular weight excluding hydrogens is 256 g/mol. The number of nitrogens with zero attached hydrogens (tertiary/aromatic N) is 1. The van der Waals surface area contributed by atoms with Crippen LogP contribution >= 0.6 is 11.8 Å². The van der Waals surface area contributed by atoms with E-state index in [1.165, 1.54) is 24.0 Å². The maximum atomic E-state index is 11.9. The van der Waals surface area contributed by atoms with Crippen molar-refractivity contribution in [2.45, 2.75) is 12.8 Å². The molecule has 2 rings (SSSR count). The standard InChI is InChI=1S/C11H10N2O4S/c14-7-4-8(18-3-1-2-9(15)16)11(17)6-5-12-13-10(6)7/h4-5H,1-3H2,(H,12,13)(H,15,16). The average Bonchev–Trinajstić information content (AvgIpc) is 2.80. The predicted octanol–water partition coefficient (Wildman–Crippen LogP) is 1.27. The highest BCUT2D eigenvalue weighted by molar-refractivity contribution is 8.04. The number of rotatable bonds is 5. The number of carboxylic acids is 1. The Morgan fingerprint density at radius 3 is 2.94 bits per heavy atom. The van der Waals surface area contributed by atoms with Gasteiger partial charge in [0, 0.05) is 12.5 Å². The number of carbonyl (C=O) groups excluding carboxylic acids is 2. The van der Waals surface area contributed by atoms with E-state index in [9.17, 15) is 14.4 Å². The van der Waals surface area contributed by atoms with Gasteiger partial charge in [0.1, 0.15) is 5.69 Å². The summed E-state index contributed by atoms with van der Waals surface area (Å²) in [6.45, 7) is 0. The third-order valence-corrected chi connectivity index (χ3v) is 3.52. The Morgan fingerprint density at radius 2 is 2.22 bits per heavy atom. The van der Waals surface area contributed by atoms with Crippen molar-refractivity contribution in [1.82, 2.24) is 10.2 Å². The Bertz CT molecular complexity index is 547. The Hall–Kier alpha value is -1.89. The summed E-state index contributed by atoms with van der Waals surface area (Å²) in [5.41, 5.74) is 0.498. The maximum Gasteiger partial charge on any atom is 0.303 e. The summed E-state index contributed by atoms with van der Waals surface area (Å²) in [5, 5.41) is 14.6. The molecule has 0 bridgehead atoms. The molecule has 1 aliphatic carbocycles. The van der Waals surface area contributed by atoms with Gasteiger partial charge in [-0.1, -0.05) is 0 Å². The highest BCUT2D eigenvalue weighted by atomic mass is 32.2. The van der Waals surface area contributed by atoms with E-state index in [2.05, 4.69) is 10.2 Å². The van der Waals surface area contributed by atoms with Crippen molar-refractivity contribution in [1.29, 1.82) is 0 Å². The van der Waals surface area contributed by atoms with Crippen molar-refractivity contribution in [3.63, 3.8) is 0 Å². The first-order valence-corrected chi connectivity index (χ1v) is 6.27. The molecule has 0 fully saturated rings. The second-order valence-electron chi connectivity index (χ2n) is 3.71. The van der Waals surface area contributed by atoms with E-state index in [1.807, 2.05) is 0 Å². The number of hydrogen-bond donors (Lipinski definition) is 2. The van der Waals surface area contributed by atoms with Crippen molar-refractivity contribution in [2.24, 2.45) is 0 Å². The molecule has 6 nitrogen and oxygen atoms in total. The quantitative estimate of drug-likeness (QED) is 0.778. The molecule has 0 saturated carbocycles. The predicted molar refractivity (Wildman–Crippen MR) is 64.7 cm³/mol. The normalized spacial score (nSPS) is 14.3. The molecule has 1 aliphatic rings. The fourth-order valence-corrected chi connectivity index (χ4v) is 2.49. The molecule has 0 aliphatic heterocycles. The summed E-state index contributed by atoms with van der Waals surface area (Å²) in [6.07, 6.45) is 3.12. The first-order chi connectivity index (χ1) is 8.59. The third-order valence-electron chi connectivity index (χ3n) is 2.41. The number of fused-ring (bicyclic) bond motifs is 1. The highest BCUT2D eigenvalue weighted by Gasteiger charge is 2.27. The van der Waals surface area contributed by atoms with Gasteiger partial charge >= 0.3 is 5.97 Å². The average molecular weight is 266 g/mol. The Balaban J connectivity index is 2.00. The second kappa shape index (κ2) is 5.18. The zero-order valence-corrected chi connectivity index (χ0v) is 10.1. The van der Waals surface area contributed by atoms with E-state index < -0.39 is 5.97 Å². The smallest absolute Gasteiger partial charge is 0.303 e. The van der Waals surface area contributed by atoms with Crippen LogP contribution < -0.4 is 0 Å². The third kappa shape index (κ3) is 2.51. The molecule has 0 radical (unpaired) electrons. The van der Waals surface area contributed by atoms with E-state index >= 15 is 0 Å². The van der Waals surface area contributed by atoms with Crippen LogP contribution in [0.3, 0.4) is 0 Å². The molecule has 7 heteroatoms. The number of ketones is 2. The van der Waals surface area contributed by atoms with Gasteiger partial charge in [0.05, 0.1) is 16.7 Å². The Labute approximate surface area is 106 Å². The summed E-state index contributed by atoms with van der Waals surface area (Å²) in [7, 11) is 0. The minimum absolute atomic E-state index is 0.0549. The molecule has 0 aromatic carbocycles. The van der Waals surface area contributed by atoms with Crippen molar-refractivity contribution in [3.8, 4) is 0 Å². The van der Waals surface area contributed by atoms with Gasteiger partial charge in [-0.2, -0.15) is 5.10 Å². The lowest BCUT2D eigenvalue weighted by molar-refractivity contribution is -0.137. The lowest BCUT2D eigenvalue weighted by Gasteiger charge is -2.09. The summed E-state index contributed by atoms with van der Waals surface area (Å²) in [4.78, 5) is 34.3. The largest absolute Gasteiger partial charge is 0.481 e. The van der Waals surface area contributed by atoms with E-state index in [4.69, 9.17) is 5.11 Å². The fourth-order valence-electron chi connectivity index (χ4n) is 1.55. The monoisotopic (exact) mass is 266 g/mol. The molecular formula is C11H10N2O4S. The van der Waals surface area contributed by atoms with Crippen LogP contribution in [0.2, 0.25) is 0 Å². The summed E-state index contributed by atoms with van der Waals surface area (Å²) >= 11 is 1.20. The van der Waals surface area contributed by atoms with Crippen LogP contribution in [0.1, 0.15) is 33.7 Å². The molecule has 1 aromatic heterocycles. The molecule has 94 valence electrons. The fraction of sp³-hybridized carbons (Fsp3) is 0.273. The van der Waals surface area contributed by atoms with Gasteiger partial charge in [-0.3, -0.25) is 19.5 Å². The number of allylic oxidation sites excluding steroid dienone is 2. The molecule has 0 amide bonds. The van der Waals surface area contributed by atoms with Crippen LogP contribution in [0.5, 0.6) is 0 Å². The summed E-state index contributed by atoms with van der Waals surface area (Å²) in [6, 6.07) is 0. The lowest BCUT2D eigenvalue weighted by Crippen LogP contribution is -2.14. The topological polar surface area (TPSA) is 100 Å². The van der Waals surface area contributed by atoms with Gasteiger partial charge in [0.2, 0.25) is 11.6 Å². The Kier molecular flexibility index (Phi) is 3.61. The second-order valence-corrected chi connectivity index (χ2v) is 4.84.